The van der Waals surface area contributed by atoms with Crippen molar-refractivity contribution in [2.24, 2.45) is 0 Å². The molecule has 1 N–H and O–H groups in total. The van der Waals surface area contributed by atoms with Gasteiger partial charge in [0.05, 0.1) is 12.0 Å². The first kappa shape index (κ1) is 28.9. The number of benzene rings is 3. The molecule has 37 heavy (non-hydrogen) atoms. The Balaban J connectivity index is 1.74. The molecule has 1 unspecified atom stereocenters. The van der Waals surface area contributed by atoms with Crippen molar-refractivity contribution in [3.63, 3.8) is 0 Å². The lowest BCUT2D eigenvalue weighted by Gasteiger charge is -2.20. The molecule has 3 rings (SSSR count). The molecule has 1 atom stereocenters. The van der Waals surface area contributed by atoms with Gasteiger partial charge in [0.15, 0.2) is 0 Å². The predicted octanol–water partition coefficient (Wildman–Crippen LogP) is 6.83. The summed E-state index contributed by atoms with van der Waals surface area (Å²) in [7, 11) is -2.35. The van der Waals surface area contributed by atoms with Gasteiger partial charge in [-0.05, 0) is 85.0 Å². The van der Waals surface area contributed by atoms with E-state index in [2.05, 4.69) is 35.9 Å². The van der Waals surface area contributed by atoms with Crippen LogP contribution in [0.15, 0.2) is 77.7 Å². The molecule has 0 aliphatic heterocycles. The van der Waals surface area contributed by atoms with E-state index in [4.69, 9.17) is 16.3 Å². The van der Waals surface area contributed by atoms with Crippen molar-refractivity contribution in [2.75, 3.05) is 7.11 Å². The van der Waals surface area contributed by atoms with Crippen LogP contribution in [0, 0.1) is 0 Å². The van der Waals surface area contributed by atoms with E-state index in [9.17, 15) is 13.2 Å². The molecule has 5 nitrogen and oxygen atoms in total. The molecule has 0 saturated heterocycles. The number of rotatable bonds is 14. The highest BCUT2D eigenvalue weighted by molar-refractivity contribution is 7.89. The highest BCUT2D eigenvalue weighted by atomic mass is 35.5. The first-order chi connectivity index (χ1) is 17.8. The summed E-state index contributed by atoms with van der Waals surface area (Å²) in [5, 5.41) is 0.487. The second-order valence-electron chi connectivity index (χ2n) is 9.26. The highest BCUT2D eigenvalue weighted by Gasteiger charge is 2.21. The Hall–Kier alpha value is -2.67. The number of ether oxygens (including phenoxy) is 1. The van der Waals surface area contributed by atoms with Gasteiger partial charge in [0.25, 0.3) is 0 Å². The molecular weight excluding hydrogens is 506 g/mol. The maximum Gasteiger partial charge on any atom is 0.305 e. The van der Waals surface area contributed by atoms with Crippen LogP contribution in [0.2, 0.25) is 5.02 Å². The molecule has 3 aromatic carbocycles. The molecule has 0 bridgehead atoms. The average Bonchev–Trinajstić information content (AvgIpc) is 2.91. The van der Waals surface area contributed by atoms with E-state index >= 15 is 0 Å². The predicted molar refractivity (Wildman–Crippen MR) is 149 cm³/mol. The lowest BCUT2D eigenvalue weighted by molar-refractivity contribution is -0.140. The quantitative estimate of drug-likeness (QED) is 0.227. The summed E-state index contributed by atoms with van der Waals surface area (Å²) in [6.45, 7) is 2.19. The van der Waals surface area contributed by atoms with Crippen LogP contribution in [-0.2, 0) is 38.8 Å². The van der Waals surface area contributed by atoms with Crippen molar-refractivity contribution in [3.05, 3.63) is 100 Å². The molecule has 0 aliphatic carbocycles. The molecule has 0 aliphatic rings. The second kappa shape index (κ2) is 14.3. The van der Waals surface area contributed by atoms with Crippen LogP contribution < -0.4 is 4.72 Å². The number of carbonyl (C=O) groups is 1. The van der Waals surface area contributed by atoms with Gasteiger partial charge in [-0.1, -0.05) is 73.5 Å². The number of carbonyl (C=O) groups excluding carboxylic acids is 1. The number of halogens is 1. The summed E-state index contributed by atoms with van der Waals surface area (Å²) >= 11 is 5.96. The third-order valence-electron chi connectivity index (χ3n) is 6.44. The van der Waals surface area contributed by atoms with Crippen molar-refractivity contribution in [1.29, 1.82) is 0 Å². The fourth-order valence-corrected chi connectivity index (χ4v) is 5.57. The summed E-state index contributed by atoms with van der Waals surface area (Å²) in [5.74, 6) is -0.216. The fourth-order valence-electron chi connectivity index (χ4n) is 4.18. The number of methoxy groups -OCH3 is 1. The fraction of sp³-hybridized carbons (Fsp3) is 0.367. The molecule has 0 saturated carbocycles. The standard InChI is InChI=1S/C30H36ClNO4S/c1-3-4-6-23-9-11-25(12-10-23)15-22-29(32-37(34,35)28-20-18-27(31)19-21-28)26-16-13-24(14-17-26)7-5-8-30(33)36-2/h9-14,16-21,29,32H,3-8,15,22H2,1-2H3. The van der Waals surface area contributed by atoms with Crippen LogP contribution in [0.4, 0.5) is 0 Å². The number of hydrogen-bond donors (Lipinski definition) is 1. The smallest absolute Gasteiger partial charge is 0.305 e. The Morgan fingerprint density at radius 2 is 1.38 bits per heavy atom. The largest absolute Gasteiger partial charge is 0.469 e. The van der Waals surface area contributed by atoms with Gasteiger partial charge in [0, 0.05) is 17.5 Å². The summed E-state index contributed by atoms with van der Waals surface area (Å²) in [6.07, 6.45) is 6.60. The van der Waals surface area contributed by atoms with E-state index in [0.717, 1.165) is 30.4 Å². The van der Waals surface area contributed by atoms with Crippen LogP contribution >= 0.6 is 11.6 Å². The molecule has 0 amide bonds. The van der Waals surface area contributed by atoms with E-state index in [1.807, 2.05) is 24.3 Å². The van der Waals surface area contributed by atoms with E-state index in [-0.39, 0.29) is 10.9 Å². The van der Waals surface area contributed by atoms with Crippen molar-refractivity contribution in [3.8, 4) is 0 Å². The number of sulfonamides is 1. The number of unbranched alkanes of at least 4 members (excludes halogenated alkanes) is 1. The monoisotopic (exact) mass is 541 g/mol. The molecule has 7 heteroatoms. The van der Waals surface area contributed by atoms with Crippen molar-refractivity contribution in [2.45, 2.75) is 69.2 Å². The highest BCUT2D eigenvalue weighted by Crippen LogP contribution is 2.24. The zero-order chi connectivity index (χ0) is 26.7. The zero-order valence-electron chi connectivity index (χ0n) is 21.6. The van der Waals surface area contributed by atoms with E-state index < -0.39 is 16.1 Å². The summed E-state index contributed by atoms with van der Waals surface area (Å²) in [4.78, 5) is 11.6. The molecule has 0 heterocycles. The average molecular weight is 542 g/mol. The number of hydrogen-bond acceptors (Lipinski definition) is 4. The molecule has 3 aromatic rings. The van der Waals surface area contributed by atoms with Crippen LogP contribution in [0.5, 0.6) is 0 Å². The Morgan fingerprint density at radius 1 is 0.838 bits per heavy atom. The van der Waals surface area contributed by atoms with Gasteiger partial charge in [-0.2, -0.15) is 0 Å². The van der Waals surface area contributed by atoms with Crippen molar-refractivity contribution >= 4 is 27.6 Å². The van der Waals surface area contributed by atoms with Crippen LogP contribution in [0.3, 0.4) is 0 Å². The van der Waals surface area contributed by atoms with Gasteiger partial charge < -0.3 is 4.74 Å². The summed E-state index contributed by atoms with van der Waals surface area (Å²) < 4.78 is 34.0. The molecule has 0 spiro atoms. The first-order valence-electron chi connectivity index (χ1n) is 12.8. The molecule has 0 aromatic heterocycles. The van der Waals surface area contributed by atoms with Crippen LogP contribution in [0.25, 0.3) is 0 Å². The minimum Gasteiger partial charge on any atom is -0.469 e. The normalized spacial score (nSPS) is 12.3. The van der Waals surface area contributed by atoms with Gasteiger partial charge in [-0.25, -0.2) is 13.1 Å². The number of aryl methyl sites for hydroxylation is 3. The molecule has 0 radical (unpaired) electrons. The third kappa shape index (κ3) is 9.29. The minimum atomic E-state index is -3.74. The van der Waals surface area contributed by atoms with Gasteiger partial charge in [-0.3, -0.25) is 4.79 Å². The Bertz CT molecular complexity index is 1220. The lowest BCUT2D eigenvalue weighted by Crippen LogP contribution is -2.29. The van der Waals surface area contributed by atoms with E-state index in [1.54, 1.807) is 12.1 Å². The first-order valence-corrected chi connectivity index (χ1v) is 14.7. The van der Waals surface area contributed by atoms with Crippen molar-refractivity contribution < 1.29 is 17.9 Å². The SMILES string of the molecule is CCCCc1ccc(CCC(NS(=O)(=O)c2ccc(Cl)cc2)c2ccc(CCCC(=O)OC)cc2)cc1. The topological polar surface area (TPSA) is 72.5 Å². The molecule has 0 fully saturated rings. The lowest BCUT2D eigenvalue weighted by atomic mass is 9.97. The van der Waals surface area contributed by atoms with Crippen molar-refractivity contribution in [1.82, 2.24) is 4.72 Å². The van der Waals surface area contributed by atoms with Gasteiger partial charge in [-0.15, -0.1) is 0 Å². The second-order valence-corrected chi connectivity index (χ2v) is 11.4. The van der Waals surface area contributed by atoms with Gasteiger partial charge >= 0.3 is 5.97 Å². The van der Waals surface area contributed by atoms with Crippen LogP contribution in [-0.4, -0.2) is 21.5 Å². The number of nitrogens with one attached hydrogen (secondary N) is 1. The van der Waals surface area contributed by atoms with Gasteiger partial charge in [0.1, 0.15) is 0 Å². The van der Waals surface area contributed by atoms with E-state index in [0.29, 0.717) is 24.3 Å². The molecule has 198 valence electrons. The zero-order valence-corrected chi connectivity index (χ0v) is 23.2. The van der Waals surface area contributed by atoms with Gasteiger partial charge in [0.2, 0.25) is 10.0 Å². The maximum atomic E-state index is 13.2. The minimum absolute atomic E-state index is 0.182. The Kier molecular flexibility index (Phi) is 11.2. The summed E-state index contributed by atoms with van der Waals surface area (Å²) in [6, 6.07) is 22.3. The Morgan fingerprint density at radius 3 is 1.95 bits per heavy atom. The van der Waals surface area contributed by atoms with E-state index in [1.165, 1.54) is 43.2 Å². The Labute approximate surface area is 226 Å². The number of esters is 1. The molecular formula is C30H36ClNO4S. The van der Waals surface area contributed by atoms with Crippen LogP contribution in [0.1, 0.15) is 67.3 Å². The third-order valence-corrected chi connectivity index (χ3v) is 8.18. The summed E-state index contributed by atoms with van der Waals surface area (Å²) in [5.41, 5.74) is 4.49. The maximum absolute atomic E-state index is 13.2.